The van der Waals surface area contributed by atoms with Gasteiger partial charge in [-0.15, -0.1) is 0 Å². The molecule has 0 amide bonds. The monoisotopic (exact) mass is 296 g/mol. The molecular weight excluding hydrogens is 290 g/mol. The van der Waals surface area contributed by atoms with E-state index < -0.39 is 9.05 Å². The molecule has 0 aliphatic carbocycles. The maximum Gasteiger partial charge on any atom is 0.668 e. The van der Waals surface area contributed by atoms with Crippen molar-refractivity contribution in [3.8, 4) is 0 Å². The van der Waals surface area contributed by atoms with Crippen LogP contribution in [-0.2, 0) is 39.4 Å². The first-order valence-corrected chi connectivity index (χ1v) is 2.68. The molecule has 0 aromatic rings. The fourth-order valence-corrected chi connectivity index (χ4v) is 0. The average molecular weight is 298 g/mol. The minimum absolute atomic E-state index is 0. The maximum absolute atomic E-state index is 7.33. The first-order chi connectivity index (χ1) is 2.00. The third kappa shape index (κ3) is 108. The van der Waals surface area contributed by atoms with Crippen LogP contribution in [0, 0.1) is 0 Å². The minimum atomic E-state index is -4.61. The molecule has 0 atom stereocenters. The van der Waals surface area contributed by atoms with Crippen molar-refractivity contribution in [3.05, 3.63) is 0 Å². The Bertz CT molecular complexity index is 31.5. The average Bonchev–Trinajstić information content (AvgIpc) is 0.722. The smallest absolute Gasteiger partial charge is 0.368 e. The largest absolute Gasteiger partial charge is 0.668 e. The van der Waals surface area contributed by atoms with Gasteiger partial charge in [-0.1, -0.05) is 0 Å². The van der Waals surface area contributed by atoms with E-state index >= 15 is 0 Å². The van der Waals surface area contributed by atoms with Crippen molar-refractivity contribution < 1.29 is 58.6 Å². The molecule has 0 saturated carbocycles. The van der Waals surface area contributed by atoms with Crippen LogP contribution in [0.5, 0.6) is 0 Å². The van der Waals surface area contributed by atoms with Gasteiger partial charge < -0.3 is 19.2 Å². The molecule has 0 aliphatic heterocycles. The van der Waals surface area contributed by atoms with Crippen molar-refractivity contribution in [3.63, 3.8) is 0 Å². The molecule has 0 aliphatic rings. The summed E-state index contributed by atoms with van der Waals surface area (Å²) in [7, 11) is -4.61. The predicted octanol–water partition coefficient (Wildman–Crippen LogP) is -3.80. The SMILES string of the molecule is O[Si](O)(O)O.[Ag].[AlH3].[Cu]. The normalized spacial score (nSPS) is 7.50. The summed E-state index contributed by atoms with van der Waals surface area (Å²) >= 11 is 0. The fraction of sp³-hybridized carbons (Fsp3) is 0. The van der Waals surface area contributed by atoms with Crippen LogP contribution in [0.15, 0.2) is 0 Å². The van der Waals surface area contributed by atoms with Crippen LogP contribution in [0.2, 0.25) is 0 Å². The molecule has 8 heteroatoms. The van der Waals surface area contributed by atoms with Gasteiger partial charge in [-0.3, -0.25) is 0 Å². The summed E-state index contributed by atoms with van der Waals surface area (Å²) in [5.74, 6) is 0. The van der Waals surface area contributed by atoms with E-state index in [0.717, 1.165) is 0 Å². The van der Waals surface area contributed by atoms with E-state index in [1.54, 1.807) is 0 Å². The molecule has 8 heavy (non-hydrogen) atoms. The molecule has 0 unspecified atom stereocenters. The standard InChI is InChI=1S/Ag.Al.Cu.H4O4Si.3H/c;;;1-5(2,3)4;;;/h;;;1-4H;;;. The summed E-state index contributed by atoms with van der Waals surface area (Å²) < 4.78 is 0. The van der Waals surface area contributed by atoms with Crippen molar-refractivity contribution in [2.24, 2.45) is 0 Å². The van der Waals surface area contributed by atoms with Gasteiger partial charge in [0.15, 0.2) is 17.4 Å². The zero-order chi connectivity index (χ0) is 4.50. The van der Waals surface area contributed by atoms with Gasteiger partial charge in [0.25, 0.3) is 0 Å². The zero-order valence-corrected chi connectivity index (χ0v) is 6.32. The summed E-state index contributed by atoms with van der Waals surface area (Å²) in [6.07, 6.45) is 0. The minimum Gasteiger partial charge on any atom is -0.368 e. The molecule has 0 aromatic heterocycles. The number of rotatable bonds is 0. The molecule has 0 aromatic carbocycles. The second kappa shape index (κ2) is 8.85. The summed E-state index contributed by atoms with van der Waals surface area (Å²) in [5.41, 5.74) is 0. The van der Waals surface area contributed by atoms with Crippen LogP contribution in [0.25, 0.3) is 0 Å². The summed E-state index contributed by atoms with van der Waals surface area (Å²) in [6, 6.07) is 0. The number of hydrogen-bond donors (Lipinski definition) is 4. The Morgan fingerprint density at radius 3 is 0.875 bits per heavy atom. The van der Waals surface area contributed by atoms with Crippen molar-refractivity contribution in [2.45, 2.75) is 0 Å². The first kappa shape index (κ1) is 22.5. The molecular formula is H7AgAlCuO4Si. The molecule has 0 rings (SSSR count). The number of hydrogen-bond acceptors (Lipinski definition) is 4. The molecule has 0 heterocycles. The van der Waals surface area contributed by atoms with Gasteiger partial charge in [-0.2, -0.15) is 0 Å². The van der Waals surface area contributed by atoms with Crippen molar-refractivity contribution in [1.29, 1.82) is 0 Å². The van der Waals surface area contributed by atoms with E-state index in [9.17, 15) is 0 Å². The molecule has 0 saturated heterocycles. The van der Waals surface area contributed by atoms with Gasteiger partial charge in [0, 0.05) is 39.4 Å². The Morgan fingerprint density at radius 1 is 0.875 bits per heavy atom. The van der Waals surface area contributed by atoms with E-state index in [1.807, 2.05) is 0 Å². The van der Waals surface area contributed by atoms with Crippen LogP contribution in [0.3, 0.4) is 0 Å². The molecule has 4 nitrogen and oxygen atoms in total. The van der Waals surface area contributed by atoms with E-state index in [1.165, 1.54) is 0 Å². The second-order valence-electron chi connectivity index (χ2n) is 0.600. The van der Waals surface area contributed by atoms with E-state index in [0.29, 0.717) is 0 Å². The molecule has 4 N–H and O–H groups in total. The van der Waals surface area contributed by atoms with Crippen LogP contribution < -0.4 is 0 Å². The quantitative estimate of drug-likeness (QED) is 0.346. The first-order valence-electron chi connectivity index (χ1n) is 0.894. The van der Waals surface area contributed by atoms with Gasteiger partial charge in [-0.25, -0.2) is 0 Å². The molecule has 60 valence electrons. The maximum atomic E-state index is 7.33. The summed E-state index contributed by atoms with van der Waals surface area (Å²) in [6.45, 7) is 0. The Labute approximate surface area is 84.5 Å². The Kier molecular flexibility index (Phi) is 24.9. The van der Waals surface area contributed by atoms with Gasteiger partial charge in [0.2, 0.25) is 0 Å². The van der Waals surface area contributed by atoms with Gasteiger partial charge in [-0.05, 0) is 0 Å². The Morgan fingerprint density at radius 2 is 0.875 bits per heavy atom. The Hall–Kier alpha value is 1.85. The molecule has 0 fully saturated rings. The molecule has 0 spiro atoms. The van der Waals surface area contributed by atoms with E-state index in [2.05, 4.69) is 0 Å². The van der Waals surface area contributed by atoms with Crippen molar-refractivity contribution >= 4 is 26.4 Å². The van der Waals surface area contributed by atoms with Crippen LogP contribution in [0.1, 0.15) is 0 Å². The molecule has 2 radical (unpaired) electrons. The van der Waals surface area contributed by atoms with Crippen molar-refractivity contribution in [2.75, 3.05) is 0 Å². The summed E-state index contributed by atoms with van der Waals surface area (Å²) in [4.78, 5) is 29.3. The van der Waals surface area contributed by atoms with E-state index in [-0.39, 0.29) is 56.8 Å². The third-order valence-corrected chi connectivity index (χ3v) is 0. The van der Waals surface area contributed by atoms with Gasteiger partial charge >= 0.3 is 9.05 Å². The van der Waals surface area contributed by atoms with E-state index in [4.69, 9.17) is 19.2 Å². The van der Waals surface area contributed by atoms with Crippen LogP contribution in [0.4, 0.5) is 0 Å². The zero-order valence-electron chi connectivity index (χ0n) is 2.89. The van der Waals surface area contributed by atoms with Crippen LogP contribution in [-0.4, -0.2) is 45.6 Å². The Balaban J connectivity index is -0.0000000267. The van der Waals surface area contributed by atoms with Crippen molar-refractivity contribution in [1.82, 2.24) is 0 Å². The fourth-order valence-electron chi connectivity index (χ4n) is 0. The van der Waals surface area contributed by atoms with Gasteiger partial charge in [0.1, 0.15) is 0 Å². The third-order valence-electron chi connectivity index (χ3n) is 0. The predicted molar refractivity (Wildman–Crippen MR) is 24.6 cm³/mol. The second-order valence-corrected chi connectivity index (χ2v) is 1.80. The summed E-state index contributed by atoms with van der Waals surface area (Å²) in [5, 5.41) is 0. The topological polar surface area (TPSA) is 80.9 Å². The van der Waals surface area contributed by atoms with Crippen LogP contribution >= 0.6 is 0 Å². The van der Waals surface area contributed by atoms with Gasteiger partial charge in [0.05, 0.1) is 0 Å². The molecule has 0 bridgehead atoms.